The third-order valence-electron chi connectivity index (χ3n) is 3.22. The summed E-state index contributed by atoms with van der Waals surface area (Å²) in [5.41, 5.74) is 0.995. The third-order valence-corrected chi connectivity index (χ3v) is 5.12. The van der Waals surface area contributed by atoms with Crippen LogP contribution in [0.1, 0.15) is 33.4 Å². The molecule has 116 valence electrons. The zero-order valence-electron chi connectivity index (χ0n) is 13.2. The van der Waals surface area contributed by atoms with Gasteiger partial charge in [-0.15, -0.1) is 0 Å². The summed E-state index contributed by atoms with van der Waals surface area (Å²) in [7, 11) is -1.53. The number of aryl methyl sites for hydroxylation is 1. The zero-order valence-corrected chi connectivity index (χ0v) is 14.0. The lowest BCUT2D eigenvalue weighted by atomic mass is 10.2. The zero-order chi connectivity index (χ0) is 15.3. The van der Waals surface area contributed by atoms with E-state index in [0.29, 0.717) is 30.4 Å². The second-order valence-electron chi connectivity index (χ2n) is 5.33. The predicted octanol–water partition coefficient (Wildman–Crippen LogP) is 1.89. The highest BCUT2D eigenvalue weighted by molar-refractivity contribution is 7.89. The molecule has 0 aliphatic rings. The Balaban J connectivity index is 3.13. The van der Waals surface area contributed by atoms with Gasteiger partial charge in [0.2, 0.25) is 10.0 Å². The van der Waals surface area contributed by atoms with Gasteiger partial charge in [-0.1, -0.05) is 20.8 Å². The largest absolute Gasteiger partial charge is 0.349 e. The van der Waals surface area contributed by atoms with Crippen LogP contribution < -0.4 is 5.32 Å². The van der Waals surface area contributed by atoms with E-state index in [9.17, 15) is 8.42 Å². The molecule has 0 atom stereocenters. The van der Waals surface area contributed by atoms with Gasteiger partial charge in [0.05, 0.1) is 0 Å². The lowest BCUT2D eigenvalue weighted by Gasteiger charge is -2.21. The Hall–Kier alpha value is -0.850. The fraction of sp³-hybridized carbons (Fsp3) is 0.714. The smallest absolute Gasteiger partial charge is 0.244 e. The van der Waals surface area contributed by atoms with Gasteiger partial charge in [0, 0.05) is 38.1 Å². The molecule has 6 heteroatoms. The maximum atomic E-state index is 12.7. The minimum absolute atomic E-state index is 0.315. The van der Waals surface area contributed by atoms with E-state index in [2.05, 4.69) is 5.32 Å². The average molecular weight is 301 g/mol. The van der Waals surface area contributed by atoms with E-state index in [0.717, 1.165) is 12.2 Å². The van der Waals surface area contributed by atoms with Gasteiger partial charge >= 0.3 is 0 Å². The van der Waals surface area contributed by atoms with Gasteiger partial charge in [-0.25, -0.2) is 8.42 Å². The molecule has 1 N–H and O–H groups in total. The Morgan fingerprint density at radius 2 is 2.00 bits per heavy atom. The summed E-state index contributed by atoms with van der Waals surface area (Å²) in [6, 6.07) is 1.78. The lowest BCUT2D eigenvalue weighted by Crippen LogP contribution is -2.33. The Kier molecular flexibility index (Phi) is 6.23. The van der Waals surface area contributed by atoms with Crippen LogP contribution in [-0.2, 0) is 23.1 Å². The first kappa shape index (κ1) is 17.2. The van der Waals surface area contributed by atoms with Crippen LogP contribution in [0.5, 0.6) is 0 Å². The third kappa shape index (κ3) is 3.84. The Labute approximate surface area is 123 Å². The summed E-state index contributed by atoms with van der Waals surface area (Å²) in [6.07, 6.45) is 1.74. The van der Waals surface area contributed by atoms with Crippen LogP contribution in [0.3, 0.4) is 0 Å². The number of hydrogen-bond donors (Lipinski definition) is 1. The molecule has 1 aromatic rings. The standard InChI is InChI=1S/C14H27N3O2S/c1-6-16-11-14(8-13(16)9-15-5)20(18,19)17(7-2)10-12(3)4/h8,11-12,15H,6-7,9-10H2,1-5H3. The van der Waals surface area contributed by atoms with Gasteiger partial charge in [-0.2, -0.15) is 4.31 Å². The topological polar surface area (TPSA) is 54.3 Å². The normalized spacial score (nSPS) is 12.6. The van der Waals surface area contributed by atoms with Crippen LogP contribution in [0.2, 0.25) is 0 Å². The van der Waals surface area contributed by atoms with Gasteiger partial charge in [-0.05, 0) is 26.0 Å². The van der Waals surface area contributed by atoms with Crippen LogP contribution in [0.25, 0.3) is 0 Å². The van der Waals surface area contributed by atoms with E-state index in [1.807, 2.05) is 39.3 Å². The lowest BCUT2D eigenvalue weighted by molar-refractivity contribution is 0.381. The first-order valence-electron chi connectivity index (χ1n) is 7.20. The highest BCUT2D eigenvalue weighted by Crippen LogP contribution is 2.20. The molecule has 0 amide bonds. The molecule has 0 unspecified atom stereocenters. The maximum absolute atomic E-state index is 12.7. The highest BCUT2D eigenvalue weighted by Gasteiger charge is 2.25. The SMILES string of the molecule is CCN(CC(C)C)S(=O)(=O)c1cc(CNC)n(CC)c1. The summed E-state index contributed by atoms with van der Waals surface area (Å²) in [6.45, 7) is 10.4. The fourth-order valence-corrected chi connectivity index (χ4v) is 3.92. The van der Waals surface area contributed by atoms with E-state index < -0.39 is 10.0 Å². The summed E-state index contributed by atoms with van der Waals surface area (Å²) in [4.78, 5) is 0.395. The van der Waals surface area contributed by atoms with Gasteiger partial charge in [-0.3, -0.25) is 0 Å². The number of nitrogens with one attached hydrogen (secondary N) is 1. The molecule has 5 nitrogen and oxygen atoms in total. The van der Waals surface area contributed by atoms with Crippen molar-refractivity contribution in [2.24, 2.45) is 5.92 Å². The predicted molar refractivity (Wildman–Crippen MR) is 82.1 cm³/mol. The van der Waals surface area contributed by atoms with E-state index >= 15 is 0 Å². The molecule has 0 spiro atoms. The number of nitrogens with zero attached hydrogens (tertiary/aromatic N) is 2. The van der Waals surface area contributed by atoms with Crippen molar-refractivity contribution >= 4 is 10.0 Å². The van der Waals surface area contributed by atoms with Gasteiger partial charge < -0.3 is 9.88 Å². The highest BCUT2D eigenvalue weighted by atomic mass is 32.2. The van der Waals surface area contributed by atoms with E-state index in [1.165, 1.54) is 0 Å². The van der Waals surface area contributed by atoms with Gasteiger partial charge in [0.15, 0.2) is 0 Å². The van der Waals surface area contributed by atoms with E-state index in [4.69, 9.17) is 0 Å². The van der Waals surface area contributed by atoms with Crippen LogP contribution in [0.15, 0.2) is 17.2 Å². The van der Waals surface area contributed by atoms with Crippen LogP contribution in [0.4, 0.5) is 0 Å². The van der Waals surface area contributed by atoms with Gasteiger partial charge in [0.25, 0.3) is 0 Å². The van der Waals surface area contributed by atoms with Crippen molar-refractivity contribution in [1.82, 2.24) is 14.2 Å². The average Bonchev–Trinajstić information content (AvgIpc) is 2.79. The van der Waals surface area contributed by atoms with Crippen molar-refractivity contribution in [1.29, 1.82) is 0 Å². The molecule has 0 aromatic carbocycles. The molecule has 1 heterocycles. The molecular formula is C14H27N3O2S. The minimum atomic E-state index is -3.39. The first-order valence-corrected chi connectivity index (χ1v) is 8.64. The summed E-state index contributed by atoms with van der Waals surface area (Å²) >= 11 is 0. The number of rotatable bonds is 8. The molecule has 0 fully saturated rings. The van der Waals surface area contributed by atoms with Crippen molar-refractivity contribution in [3.63, 3.8) is 0 Å². The Morgan fingerprint density at radius 1 is 1.35 bits per heavy atom. The van der Waals surface area contributed by atoms with Crippen molar-refractivity contribution in [2.45, 2.75) is 45.7 Å². The maximum Gasteiger partial charge on any atom is 0.244 e. The number of sulfonamides is 1. The summed E-state index contributed by atoms with van der Waals surface area (Å²) in [5.74, 6) is 0.315. The van der Waals surface area contributed by atoms with Crippen molar-refractivity contribution < 1.29 is 8.42 Å². The Bertz CT molecular complexity index is 521. The second-order valence-corrected chi connectivity index (χ2v) is 7.27. The van der Waals surface area contributed by atoms with Crippen molar-refractivity contribution in [2.75, 3.05) is 20.1 Å². The molecule has 1 rings (SSSR count). The molecular weight excluding hydrogens is 274 g/mol. The van der Waals surface area contributed by atoms with E-state index in [1.54, 1.807) is 16.6 Å². The fourth-order valence-electron chi connectivity index (χ4n) is 2.24. The van der Waals surface area contributed by atoms with E-state index in [-0.39, 0.29) is 0 Å². The molecule has 0 saturated heterocycles. The van der Waals surface area contributed by atoms with Crippen LogP contribution in [0, 0.1) is 5.92 Å². The molecule has 1 aromatic heterocycles. The molecule has 0 aliphatic carbocycles. The number of hydrogen-bond acceptors (Lipinski definition) is 3. The van der Waals surface area contributed by atoms with Crippen molar-refractivity contribution in [3.05, 3.63) is 18.0 Å². The first-order chi connectivity index (χ1) is 9.36. The molecule has 0 bridgehead atoms. The van der Waals surface area contributed by atoms with Crippen molar-refractivity contribution in [3.8, 4) is 0 Å². The minimum Gasteiger partial charge on any atom is -0.349 e. The monoisotopic (exact) mass is 301 g/mol. The molecule has 20 heavy (non-hydrogen) atoms. The quantitative estimate of drug-likeness (QED) is 0.798. The van der Waals surface area contributed by atoms with Crippen LogP contribution in [-0.4, -0.2) is 37.4 Å². The van der Waals surface area contributed by atoms with Crippen LogP contribution >= 0.6 is 0 Å². The summed E-state index contributed by atoms with van der Waals surface area (Å²) < 4.78 is 28.9. The Morgan fingerprint density at radius 3 is 2.45 bits per heavy atom. The molecule has 0 saturated carbocycles. The second kappa shape index (κ2) is 7.24. The summed E-state index contributed by atoms with van der Waals surface area (Å²) in [5, 5.41) is 3.07. The molecule has 0 aliphatic heterocycles. The molecule has 0 radical (unpaired) electrons. The number of aromatic nitrogens is 1. The van der Waals surface area contributed by atoms with Gasteiger partial charge in [0.1, 0.15) is 4.90 Å².